The molecule has 2 heterocycles. The van der Waals surface area contributed by atoms with Gasteiger partial charge in [-0.05, 0) is 58.7 Å². The third-order valence-corrected chi connectivity index (χ3v) is 6.25. The molecule has 38 heavy (non-hydrogen) atoms. The molecule has 0 spiro atoms. The van der Waals surface area contributed by atoms with E-state index in [1.54, 1.807) is 70.3 Å². The molecule has 1 fully saturated rings. The summed E-state index contributed by atoms with van der Waals surface area (Å²) < 4.78 is 51.3. The normalized spacial score (nSPS) is 20.8. The molecule has 3 rings (SSSR count). The number of nitrogens with one attached hydrogen (secondary N) is 1. The van der Waals surface area contributed by atoms with Gasteiger partial charge in [-0.2, -0.15) is 8.78 Å². The van der Waals surface area contributed by atoms with Crippen LogP contribution in [-0.2, 0) is 19.8 Å². The first-order chi connectivity index (χ1) is 17.6. The van der Waals surface area contributed by atoms with Crippen molar-refractivity contribution in [3.8, 4) is 11.1 Å². The predicted molar refractivity (Wildman–Crippen MR) is 134 cm³/mol. The first kappa shape index (κ1) is 29.4. The van der Waals surface area contributed by atoms with E-state index in [2.05, 4.69) is 10.3 Å². The summed E-state index contributed by atoms with van der Waals surface area (Å²) in [6.45, 7) is 8.28. The number of amides is 2. The second-order valence-electron chi connectivity index (χ2n) is 10.9. The average Bonchev–Trinajstić information content (AvgIpc) is 3.12. The molecular weight excluding hydrogens is 503 g/mol. The van der Waals surface area contributed by atoms with Crippen LogP contribution in [0.2, 0.25) is 0 Å². The van der Waals surface area contributed by atoms with E-state index < -0.39 is 60.7 Å². The molecule has 8 nitrogen and oxygen atoms in total. The fourth-order valence-corrected chi connectivity index (χ4v) is 4.42. The monoisotopic (exact) mass is 537 g/mol. The van der Waals surface area contributed by atoms with Gasteiger partial charge in [0.25, 0.3) is 5.91 Å². The number of aliphatic hydroxyl groups excluding tert-OH is 1. The molecule has 208 valence electrons. The maximum atomic E-state index is 13.9. The molecule has 0 radical (unpaired) electrons. The Labute approximate surface area is 220 Å². The highest BCUT2D eigenvalue weighted by Gasteiger charge is 2.52. The van der Waals surface area contributed by atoms with Gasteiger partial charge < -0.3 is 24.8 Å². The first-order valence-electron chi connectivity index (χ1n) is 12.2. The lowest BCUT2D eigenvalue weighted by molar-refractivity contribution is -0.159. The van der Waals surface area contributed by atoms with E-state index in [-0.39, 0.29) is 0 Å². The van der Waals surface area contributed by atoms with Crippen LogP contribution in [0.4, 0.5) is 18.0 Å². The van der Waals surface area contributed by atoms with Gasteiger partial charge in [0.15, 0.2) is 0 Å². The molecule has 0 saturated carbocycles. The number of carbonyl (C=O) groups is 2. The highest BCUT2D eigenvalue weighted by atomic mass is 19.3. The molecule has 2 aromatic rings. The number of ether oxygens (including phenoxy) is 2. The number of pyridine rings is 1. The fraction of sp³-hybridized carbons (Fsp3) is 0.519. The van der Waals surface area contributed by atoms with Gasteiger partial charge in [0.05, 0.1) is 18.3 Å². The van der Waals surface area contributed by atoms with Crippen LogP contribution < -0.4 is 5.32 Å². The zero-order valence-corrected chi connectivity index (χ0v) is 22.3. The minimum atomic E-state index is -3.27. The zero-order chi connectivity index (χ0) is 28.5. The number of aliphatic hydroxyl groups is 1. The van der Waals surface area contributed by atoms with Crippen molar-refractivity contribution in [2.24, 2.45) is 0 Å². The lowest BCUT2D eigenvalue weighted by Gasteiger charge is -2.32. The zero-order valence-electron chi connectivity index (χ0n) is 22.3. The van der Waals surface area contributed by atoms with Crippen molar-refractivity contribution in [1.29, 1.82) is 0 Å². The summed E-state index contributed by atoms with van der Waals surface area (Å²) in [6, 6.07) is 9.12. The van der Waals surface area contributed by atoms with E-state index in [9.17, 15) is 27.9 Å². The topological polar surface area (TPSA) is 101 Å². The molecule has 1 saturated heterocycles. The Morgan fingerprint density at radius 2 is 1.74 bits per heavy atom. The fourth-order valence-electron chi connectivity index (χ4n) is 4.42. The molecule has 1 aromatic heterocycles. The highest BCUT2D eigenvalue weighted by molar-refractivity contribution is 5.80. The van der Waals surface area contributed by atoms with Gasteiger partial charge >= 0.3 is 12.5 Å². The van der Waals surface area contributed by atoms with Gasteiger partial charge in [-0.25, -0.2) is 9.18 Å². The molecule has 1 aliphatic rings. The third-order valence-electron chi connectivity index (χ3n) is 6.25. The summed E-state index contributed by atoms with van der Waals surface area (Å²) in [7, 11) is 0. The number of aromatic nitrogens is 1. The van der Waals surface area contributed by atoms with Gasteiger partial charge in [0, 0.05) is 11.8 Å². The first-order valence-corrected chi connectivity index (χ1v) is 12.2. The van der Waals surface area contributed by atoms with Crippen molar-refractivity contribution < 1.29 is 37.3 Å². The largest absolute Gasteiger partial charge is 0.444 e. The van der Waals surface area contributed by atoms with Crippen molar-refractivity contribution in [2.45, 2.75) is 77.0 Å². The van der Waals surface area contributed by atoms with Crippen molar-refractivity contribution in [3.63, 3.8) is 0 Å². The number of halogens is 3. The minimum Gasteiger partial charge on any atom is -0.444 e. The van der Waals surface area contributed by atoms with Crippen LogP contribution in [-0.4, -0.2) is 64.1 Å². The van der Waals surface area contributed by atoms with E-state index in [0.29, 0.717) is 11.3 Å². The van der Waals surface area contributed by atoms with E-state index >= 15 is 0 Å². The lowest BCUT2D eigenvalue weighted by atomic mass is 9.96. The summed E-state index contributed by atoms with van der Waals surface area (Å²) in [4.78, 5) is 29.5. The number of carbonyl (C=O) groups excluding carboxylic acids is 2. The van der Waals surface area contributed by atoms with Gasteiger partial charge in [-0.15, -0.1) is 0 Å². The van der Waals surface area contributed by atoms with E-state index in [4.69, 9.17) is 9.47 Å². The molecule has 0 bridgehead atoms. The second kappa shape index (κ2) is 10.9. The summed E-state index contributed by atoms with van der Waals surface area (Å²) in [5.74, 6) is -1.47. The van der Waals surface area contributed by atoms with Crippen LogP contribution in [0.25, 0.3) is 11.1 Å². The highest BCUT2D eigenvalue weighted by Crippen LogP contribution is 2.42. The number of alkyl carbamates (subject to hydrolysis) is 1. The maximum Gasteiger partial charge on any atom is 0.408 e. The molecule has 11 heteroatoms. The molecule has 3 atom stereocenters. The van der Waals surface area contributed by atoms with Crippen LogP contribution in [0.1, 0.15) is 58.9 Å². The average molecular weight is 538 g/mol. The Hall–Kier alpha value is -3.18. The van der Waals surface area contributed by atoms with Crippen molar-refractivity contribution >= 4 is 12.0 Å². The number of alkyl halides is 3. The Morgan fingerprint density at radius 3 is 2.21 bits per heavy atom. The minimum absolute atomic E-state index is 0.411. The van der Waals surface area contributed by atoms with Gasteiger partial charge in [0.2, 0.25) is 0 Å². The Balaban J connectivity index is 1.79. The van der Waals surface area contributed by atoms with Crippen LogP contribution >= 0.6 is 0 Å². The van der Waals surface area contributed by atoms with Crippen LogP contribution in [0.15, 0.2) is 42.6 Å². The lowest BCUT2D eigenvalue weighted by Crippen LogP contribution is -2.51. The number of benzene rings is 1. The Bertz CT molecular complexity index is 1140. The van der Waals surface area contributed by atoms with Crippen LogP contribution in [0.3, 0.4) is 0 Å². The van der Waals surface area contributed by atoms with Crippen molar-refractivity contribution in [1.82, 2.24) is 15.2 Å². The quantitative estimate of drug-likeness (QED) is 0.530. The Kier molecular flexibility index (Phi) is 8.42. The van der Waals surface area contributed by atoms with Crippen LogP contribution in [0, 0.1) is 0 Å². The molecule has 1 aliphatic heterocycles. The smallest absolute Gasteiger partial charge is 0.408 e. The molecular formula is C27H34F3N3O5. The predicted octanol–water partition coefficient (Wildman–Crippen LogP) is 4.72. The molecule has 1 aromatic carbocycles. The molecule has 1 unspecified atom stereocenters. The van der Waals surface area contributed by atoms with Crippen LogP contribution in [0.5, 0.6) is 0 Å². The second-order valence-corrected chi connectivity index (χ2v) is 10.9. The van der Waals surface area contributed by atoms with Crippen molar-refractivity contribution in [3.05, 3.63) is 53.9 Å². The Morgan fingerprint density at radius 1 is 1.13 bits per heavy atom. The van der Waals surface area contributed by atoms with E-state index in [0.717, 1.165) is 16.0 Å². The summed E-state index contributed by atoms with van der Waals surface area (Å²) in [5, 5.41) is 12.6. The number of rotatable bonds is 7. The number of hydrogen-bond acceptors (Lipinski definition) is 6. The van der Waals surface area contributed by atoms with Gasteiger partial charge in [0.1, 0.15) is 29.6 Å². The number of hydrogen-bond donors (Lipinski definition) is 2. The summed E-state index contributed by atoms with van der Waals surface area (Å²) in [6.07, 6.45) is -3.29. The third kappa shape index (κ3) is 6.27. The molecule has 0 aliphatic carbocycles. The SMILES string of the molecule is CC(C)(C)OC(=O)NC(C)(CO)c1ccc(-c2ccc([C@H]3OC(C)(C)N(C(=O)C(F)F)[C@@H]3CF)cc2)cn1. The standard InChI is InChI=1S/C27H34F3N3O5/c1-25(2,3)38-24(36)32-27(6,15-34)20-12-11-18(14-31-20)16-7-9-17(10-8-16)21-19(13-28)33(23(35)22(29)30)26(4,5)37-21/h7-12,14,19,21-22,34H,13,15H2,1-6H3,(H,32,36)/t19-,21-,27?/m1/s1. The van der Waals surface area contributed by atoms with E-state index in [1.165, 1.54) is 13.8 Å². The molecule has 2 amide bonds. The van der Waals surface area contributed by atoms with Gasteiger partial charge in [-0.3, -0.25) is 9.78 Å². The van der Waals surface area contributed by atoms with Crippen molar-refractivity contribution in [2.75, 3.05) is 13.3 Å². The number of nitrogens with zero attached hydrogens (tertiary/aromatic N) is 2. The summed E-state index contributed by atoms with van der Waals surface area (Å²) >= 11 is 0. The summed E-state index contributed by atoms with van der Waals surface area (Å²) in [5.41, 5.74) is -0.851. The molecule has 2 N–H and O–H groups in total. The van der Waals surface area contributed by atoms with E-state index in [1.807, 2.05) is 0 Å². The maximum absolute atomic E-state index is 13.9. The van der Waals surface area contributed by atoms with Gasteiger partial charge in [-0.1, -0.05) is 30.3 Å².